The Labute approximate surface area is 106 Å². The van der Waals surface area contributed by atoms with Gasteiger partial charge in [0.1, 0.15) is 22.2 Å². The lowest BCUT2D eigenvalue weighted by Crippen LogP contribution is -1.95. The smallest absolute Gasteiger partial charge is 0.163 e. The Balaban J connectivity index is 2.42. The minimum Gasteiger partial charge on any atom is -0.383 e. The van der Waals surface area contributed by atoms with Gasteiger partial charge in [-0.2, -0.15) is 5.10 Å². The molecule has 0 saturated carbocycles. The zero-order valence-electron chi connectivity index (χ0n) is 8.88. The van der Waals surface area contributed by atoms with E-state index in [2.05, 4.69) is 15.1 Å². The average Bonchev–Trinajstić information content (AvgIpc) is 2.85. The molecule has 0 spiro atoms. The van der Waals surface area contributed by atoms with Gasteiger partial charge in [-0.25, -0.2) is 14.6 Å². The molecule has 0 aliphatic heterocycles. The van der Waals surface area contributed by atoms with Gasteiger partial charge in [-0.15, -0.1) is 11.3 Å². The molecule has 17 heavy (non-hydrogen) atoms. The predicted octanol–water partition coefficient (Wildman–Crippen LogP) is 2.33. The predicted molar refractivity (Wildman–Crippen MR) is 69.0 cm³/mol. The number of rotatable bonds is 1. The van der Waals surface area contributed by atoms with Gasteiger partial charge in [0, 0.05) is 12.6 Å². The van der Waals surface area contributed by atoms with Crippen LogP contribution >= 0.6 is 22.9 Å². The van der Waals surface area contributed by atoms with Crippen molar-refractivity contribution in [2.75, 3.05) is 5.73 Å². The summed E-state index contributed by atoms with van der Waals surface area (Å²) in [6.07, 6.45) is 1.43. The zero-order chi connectivity index (χ0) is 12.0. The lowest BCUT2D eigenvalue weighted by molar-refractivity contribution is 0.789. The van der Waals surface area contributed by atoms with Crippen LogP contribution in [0.5, 0.6) is 0 Å². The minimum atomic E-state index is 0.417. The van der Waals surface area contributed by atoms with Crippen molar-refractivity contribution in [3.05, 3.63) is 22.1 Å². The van der Waals surface area contributed by atoms with Crippen LogP contribution in [-0.2, 0) is 7.05 Å². The molecule has 86 valence electrons. The fraction of sp³-hybridized carbons (Fsp3) is 0.100. The molecule has 5 nitrogen and oxygen atoms in total. The third kappa shape index (κ3) is 1.49. The first-order valence-electron chi connectivity index (χ1n) is 4.85. The summed E-state index contributed by atoms with van der Waals surface area (Å²) in [6, 6.07) is 1.92. The summed E-state index contributed by atoms with van der Waals surface area (Å²) in [5, 5.41) is 7.07. The van der Waals surface area contributed by atoms with Gasteiger partial charge in [-0.1, -0.05) is 11.6 Å². The Morgan fingerprint density at radius 2 is 2.24 bits per heavy atom. The summed E-state index contributed by atoms with van der Waals surface area (Å²) in [6.45, 7) is 0. The molecule has 3 aromatic rings. The number of halogens is 1. The monoisotopic (exact) mass is 265 g/mol. The third-order valence-corrected chi connectivity index (χ3v) is 3.69. The van der Waals surface area contributed by atoms with Crippen molar-refractivity contribution in [1.29, 1.82) is 0 Å². The molecule has 3 rings (SSSR count). The highest BCUT2D eigenvalue weighted by Crippen LogP contribution is 2.36. The number of hydrogen-bond donors (Lipinski definition) is 1. The molecule has 0 unspecified atom stereocenters. The van der Waals surface area contributed by atoms with Crippen molar-refractivity contribution in [3.63, 3.8) is 0 Å². The molecule has 0 aliphatic carbocycles. The number of nitrogen functional groups attached to an aromatic ring is 1. The molecule has 0 aliphatic rings. The highest BCUT2D eigenvalue weighted by Gasteiger charge is 2.17. The Morgan fingerprint density at radius 1 is 1.41 bits per heavy atom. The molecule has 3 aromatic heterocycles. The number of aromatic nitrogens is 4. The second-order valence-corrected chi connectivity index (χ2v) is 5.06. The SMILES string of the molecule is Cn1nc(-c2ccsc2Cl)c2c(N)ncnc21. The molecule has 0 atom stereocenters. The molecule has 2 N–H and O–H groups in total. The van der Waals surface area contributed by atoms with E-state index in [9.17, 15) is 0 Å². The Hall–Kier alpha value is -1.66. The quantitative estimate of drug-likeness (QED) is 0.733. The molecule has 0 aromatic carbocycles. The number of aryl methyl sites for hydroxylation is 1. The highest BCUT2D eigenvalue weighted by molar-refractivity contribution is 7.15. The fourth-order valence-corrected chi connectivity index (χ4v) is 2.68. The van der Waals surface area contributed by atoms with Gasteiger partial charge >= 0.3 is 0 Å². The van der Waals surface area contributed by atoms with Gasteiger partial charge in [0.25, 0.3) is 0 Å². The van der Waals surface area contributed by atoms with Crippen molar-refractivity contribution in [1.82, 2.24) is 19.7 Å². The summed E-state index contributed by atoms with van der Waals surface area (Å²) in [5.41, 5.74) is 8.18. The highest BCUT2D eigenvalue weighted by atomic mass is 35.5. The largest absolute Gasteiger partial charge is 0.383 e. The van der Waals surface area contributed by atoms with Gasteiger partial charge in [-0.05, 0) is 11.4 Å². The van der Waals surface area contributed by atoms with Crippen LogP contribution < -0.4 is 5.73 Å². The van der Waals surface area contributed by atoms with Crippen LogP contribution in [0.15, 0.2) is 17.8 Å². The maximum absolute atomic E-state index is 6.12. The number of nitrogens with zero attached hydrogens (tertiary/aromatic N) is 4. The molecule has 0 radical (unpaired) electrons. The van der Waals surface area contributed by atoms with Crippen molar-refractivity contribution >= 4 is 39.8 Å². The van der Waals surface area contributed by atoms with Gasteiger partial charge in [-0.3, -0.25) is 0 Å². The van der Waals surface area contributed by atoms with Crippen LogP contribution in [0.25, 0.3) is 22.3 Å². The first-order valence-corrected chi connectivity index (χ1v) is 6.11. The van der Waals surface area contributed by atoms with Crippen molar-refractivity contribution in [2.45, 2.75) is 0 Å². The number of thiophene rings is 1. The van der Waals surface area contributed by atoms with E-state index < -0.39 is 0 Å². The molecular formula is C10H8ClN5S. The Morgan fingerprint density at radius 3 is 2.94 bits per heavy atom. The summed E-state index contributed by atoms with van der Waals surface area (Å²) < 4.78 is 2.37. The molecule has 7 heteroatoms. The molecular weight excluding hydrogens is 258 g/mol. The van der Waals surface area contributed by atoms with Crippen LogP contribution in [0.2, 0.25) is 4.34 Å². The van der Waals surface area contributed by atoms with Crippen LogP contribution in [0.3, 0.4) is 0 Å². The van der Waals surface area contributed by atoms with Gasteiger partial charge < -0.3 is 5.73 Å². The maximum atomic E-state index is 6.12. The standard InChI is InChI=1S/C10H8ClN5S/c1-16-10-6(9(12)13-4-14-10)7(15-16)5-2-3-17-8(5)11/h2-4H,1H3,(H2,12,13,14). The number of hydrogen-bond acceptors (Lipinski definition) is 5. The van der Waals surface area contributed by atoms with E-state index in [1.165, 1.54) is 17.7 Å². The molecule has 0 saturated heterocycles. The summed E-state index contributed by atoms with van der Waals surface area (Å²) in [5.74, 6) is 0.417. The van der Waals surface area contributed by atoms with E-state index >= 15 is 0 Å². The van der Waals surface area contributed by atoms with E-state index in [1.54, 1.807) is 4.68 Å². The summed E-state index contributed by atoms with van der Waals surface area (Å²) >= 11 is 7.58. The lowest BCUT2D eigenvalue weighted by Gasteiger charge is -1.97. The van der Waals surface area contributed by atoms with E-state index in [0.717, 1.165) is 16.6 Å². The second kappa shape index (κ2) is 3.68. The van der Waals surface area contributed by atoms with Crippen LogP contribution in [0, 0.1) is 0 Å². The van der Waals surface area contributed by atoms with Crippen LogP contribution in [-0.4, -0.2) is 19.7 Å². The maximum Gasteiger partial charge on any atom is 0.163 e. The van der Waals surface area contributed by atoms with Gasteiger partial charge in [0.15, 0.2) is 5.65 Å². The fourth-order valence-electron chi connectivity index (χ4n) is 1.76. The molecule has 3 heterocycles. The summed E-state index contributed by atoms with van der Waals surface area (Å²) in [4.78, 5) is 8.17. The van der Waals surface area contributed by atoms with Crippen molar-refractivity contribution in [3.8, 4) is 11.3 Å². The van der Waals surface area contributed by atoms with E-state index in [0.29, 0.717) is 15.8 Å². The molecule has 0 bridgehead atoms. The van der Waals surface area contributed by atoms with Crippen molar-refractivity contribution in [2.24, 2.45) is 7.05 Å². The van der Waals surface area contributed by atoms with E-state index in [-0.39, 0.29) is 0 Å². The third-order valence-electron chi connectivity index (χ3n) is 2.52. The minimum absolute atomic E-state index is 0.417. The van der Waals surface area contributed by atoms with Gasteiger partial charge in [0.05, 0.1) is 5.39 Å². The Bertz CT molecular complexity index is 702. The van der Waals surface area contributed by atoms with E-state index in [1.807, 2.05) is 18.5 Å². The second-order valence-electron chi connectivity index (χ2n) is 3.54. The van der Waals surface area contributed by atoms with Crippen molar-refractivity contribution < 1.29 is 0 Å². The first kappa shape index (κ1) is 10.5. The van der Waals surface area contributed by atoms with Crippen LogP contribution in [0.1, 0.15) is 0 Å². The molecule has 0 fully saturated rings. The number of fused-ring (bicyclic) bond motifs is 1. The van der Waals surface area contributed by atoms with E-state index in [4.69, 9.17) is 17.3 Å². The number of nitrogens with two attached hydrogens (primary N) is 1. The first-order chi connectivity index (χ1) is 8.18. The lowest BCUT2D eigenvalue weighted by atomic mass is 10.2. The van der Waals surface area contributed by atoms with Gasteiger partial charge in [0.2, 0.25) is 0 Å². The average molecular weight is 266 g/mol. The Kier molecular flexibility index (Phi) is 2.27. The normalized spacial score (nSPS) is 11.2. The topological polar surface area (TPSA) is 69.6 Å². The summed E-state index contributed by atoms with van der Waals surface area (Å²) in [7, 11) is 1.82. The number of anilines is 1. The molecule has 0 amide bonds. The zero-order valence-corrected chi connectivity index (χ0v) is 10.5. The van der Waals surface area contributed by atoms with Crippen LogP contribution in [0.4, 0.5) is 5.82 Å².